The normalized spacial score (nSPS) is 14.8. The highest BCUT2D eigenvalue weighted by molar-refractivity contribution is 5.80. The van der Waals surface area contributed by atoms with Crippen molar-refractivity contribution < 1.29 is 9.59 Å². The zero-order valence-corrected chi connectivity index (χ0v) is 13.9. The minimum Gasteiger partial charge on any atom is -0.323 e. The second-order valence-corrected chi connectivity index (χ2v) is 6.08. The summed E-state index contributed by atoms with van der Waals surface area (Å²) in [5.41, 5.74) is 0. The summed E-state index contributed by atoms with van der Waals surface area (Å²) < 4.78 is 0. The summed E-state index contributed by atoms with van der Waals surface area (Å²) in [6.45, 7) is 6.29. The van der Waals surface area contributed by atoms with Crippen LogP contribution in [-0.2, 0) is 9.59 Å². The Morgan fingerprint density at radius 2 is 1.14 bits per heavy atom. The van der Waals surface area contributed by atoms with Gasteiger partial charge in [0.2, 0.25) is 11.8 Å². The average Bonchev–Trinajstić information content (AvgIpc) is 2.98. The van der Waals surface area contributed by atoms with Gasteiger partial charge in [-0.3, -0.25) is 9.59 Å². The van der Waals surface area contributed by atoms with Gasteiger partial charge in [-0.1, -0.05) is 52.4 Å². The molecule has 4 nitrogen and oxygen atoms in total. The lowest BCUT2D eigenvalue weighted by Gasteiger charge is -2.18. The van der Waals surface area contributed by atoms with Gasteiger partial charge in [0, 0.05) is 25.9 Å². The Labute approximate surface area is 129 Å². The van der Waals surface area contributed by atoms with E-state index < -0.39 is 0 Å². The number of rotatable bonds is 10. The van der Waals surface area contributed by atoms with Gasteiger partial charge in [0.1, 0.15) is 0 Å². The zero-order valence-electron chi connectivity index (χ0n) is 13.9. The van der Waals surface area contributed by atoms with Gasteiger partial charge in [0.15, 0.2) is 0 Å². The summed E-state index contributed by atoms with van der Waals surface area (Å²) in [7, 11) is 0. The van der Waals surface area contributed by atoms with Crippen LogP contribution in [0.15, 0.2) is 0 Å². The maximum atomic E-state index is 12.1. The molecule has 1 aliphatic rings. The van der Waals surface area contributed by atoms with Crippen molar-refractivity contribution >= 4 is 11.8 Å². The van der Waals surface area contributed by atoms with Crippen molar-refractivity contribution in [3.63, 3.8) is 0 Å². The Kier molecular flexibility index (Phi) is 9.11. The molecule has 0 aromatic rings. The molecule has 4 heteroatoms. The lowest BCUT2D eigenvalue weighted by Crippen LogP contribution is -2.33. The second-order valence-electron chi connectivity index (χ2n) is 6.08. The number of carbonyl (C=O) groups is 2. The van der Waals surface area contributed by atoms with E-state index in [0.29, 0.717) is 32.6 Å². The molecular weight excluding hydrogens is 264 g/mol. The fourth-order valence-electron chi connectivity index (χ4n) is 2.72. The predicted octanol–water partition coefficient (Wildman–Crippen LogP) is 3.56. The number of unbranched alkanes of at least 4 members (excludes halogenated alkanes) is 6. The third-order valence-electron chi connectivity index (χ3n) is 4.18. The molecular formula is C17H32N2O2. The van der Waals surface area contributed by atoms with E-state index in [9.17, 15) is 9.59 Å². The van der Waals surface area contributed by atoms with Crippen molar-refractivity contribution in [2.45, 2.75) is 78.1 Å². The van der Waals surface area contributed by atoms with Crippen LogP contribution >= 0.6 is 0 Å². The van der Waals surface area contributed by atoms with E-state index in [4.69, 9.17) is 0 Å². The van der Waals surface area contributed by atoms with Crippen LogP contribution in [-0.4, -0.2) is 41.4 Å². The van der Waals surface area contributed by atoms with Crippen LogP contribution in [0.5, 0.6) is 0 Å². The summed E-state index contributed by atoms with van der Waals surface area (Å²) in [6.07, 6.45) is 10.3. The first-order valence-corrected chi connectivity index (χ1v) is 8.74. The second kappa shape index (κ2) is 10.6. The summed E-state index contributed by atoms with van der Waals surface area (Å²) in [4.78, 5) is 27.8. The van der Waals surface area contributed by atoms with Crippen LogP contribution < -0.4 is 0 Å². The molecule has 2 amide bonds. The highest BCUT2D eigenvalue weighted by atomic mass is 16.2. The van der Waals surface area contributed by atoms with E-state index in [1.807, 2.05) is 9.80 Å². The minimum atomic E-state index is 0.215. The Balaban J connectivity index is 2.18. The predicted molar refractivity (Wildman–Crippen MR) is 85.8 cm³/mol. The molecule has 0 saturated carbocycles. The molecule has 0 aromatic carbocycles. The van der Waals surface area contributed by atoms with Gasteiger partial charge in [-0.25, -0.2) is 0 Å². The van der Waals surface area contributed by atoms with E-state index in [0.717, 1.165) is 25.7 Å². The van der Waals surface area contributed by atoms with Gasteiger partial charge in [-0.05, 0) is 12.8 Å². The van der Waals surface area contributed by atoms with Gasteiger partial charge in [-0.2, -0.15) is 0 Å². The Morgan fingerprint density at radius 1 is 0.714 bits per heavy atom. The highest BCUT2D eigenvalue weighted by Crippen LogP contribution is 2.13. The molecule has 0 atom stereocenters. The SMILES string of the molecule is CCCCCCC(=O)N1CCN(C(=O)CCCCCC)C1. The van der Waals surface area contributed by atoms with Crippen molar-refractivity contribution in [3.05, 3.63) is 0 Å². The van der Waals surface area contributed by atoms with Crippen molar-refractivity contribution in [3.8, 4) is 0 Å². The van der Waals surface area contributed by atoms with E-state index in [-0.39, 0.29) is 11.8 Å². The first-order valence-electron chi connectivity index (χ1n) is 8.74. The standard InChI is InChI=1S/C17H32N2O2/c1-3-5-7-9-11-16(20)18-13-14-19(15-18)17(21)12-10-8-6-4-2/h3-15H2,1-2H3. The van der Waals surface area contributed by atoms with E-state index in [1.54, 1.807) is 0 Å². The minimum absolute atomic E-state index is 0.215. The summed E-state index contributed by atoms with van der Waals surface area (Å²) in [5.74, 6) is 0.430. The summed E-state index contributed by atoms with van der Waals surface area (Å²) >= 11 is 0. The van der Waals surface area contributed by atoms with Crippen molar-refractivity contribution in [1.29, 1.82) is 0 Å². The van der Waals surface area contributed by atoms with Crippen molar-refractivity contribution in [2.24, 2.45) is 0 Å². The van der Waals surface area contributed by atoms with Crippen LogP contribution in [0.2, 0.25) is 0 Å². The number of hydrogen-bond donors (Lipinski definition) is 0. The molecule has 1 saturated heterocycles. The molecule has 0 aromatic heterocycles. The fourth-order valence-corrected chi connectivity index (χ4v) is 2.72. The number of hydrogen-bond acceptors (Lipinski definition) is 2. The maximum Gasteiger partial charge on any atom is 0.224 e. The molecule has 0 spiro atoms. The molecule has 0 unspecified atom stereocenters. The topological polar surface area (TPSA) is 40.6 Å². The Bertz CT molecular complexity index is 288. The molecule has 0 radical (unpaired) electrons. The third-order valence-corrected chi connectivity index (χ3v) is 4.18. The molecule has 1 fully saturated rings. The lowest BCUT2D eigenvalue weighted by atomic mass is 10.1. The van der Waals surface area contributed by atoms with Crippen LogP contribution in [0.1, 0.15) is 78.1 Å². The molecule has 1 rings (SSSR count). The molecule has 122 valence electrons. The quantitative estimate of drug-likeness (QED) is 0.578. The first-order chi connectivity index (χ1) is 10.2. The molecule has 21 heavy (non-hydrogen) atoms. The Hall–Kier alpha value is -1.06. The number of carbonyl (C=O) groups excluding carboxylic acids is 2. The summed E-state index contributed by atoms with van der Waals surface area (Å²) in [6, 6.07) is 0. The first kappa shape index (κ1) is 18.0. The van der Waals surface area contributed by atoms with Crippen molar-refractivity contribution in [1.82, 2.24) is 9.80 Å². The van der Waals surface area contributed by atoms with Gasteiger partial charge >= 0.3 is 0 Å². The largest absolute Gasteiger partial charge is 0.323 e. The summed E-state index contributed by atoms with van der Waals surface area (Å²) in [5, 5.41) is 0. The molecule has 0 N–H and O–H groups in total. The third kappa shape index (κ3) is 6.96. The van der Waals surface area contributed by atoms with E-state index in [1.165, 1.54) is 25.7 Å². The van der Waals surface area contributed by atoms with Crippen LogP contribution in [0.4, 0.5) is 0 Å². The van der Waals surface area contributed by atoms with Crippen LogP contribution in [0.25, 0.3) is 0 Å². The van der Waals surface area contributed by atoms with Gasteiger partial charge in [0.05, 0.1) is 6.67 Å². The number of amides is 2. The van der Waals surface area contributed by atoms with Gasteiger partial charge < -0.3 is 9.80 Å². The van der Waals surface area contributed by atoms with E-state index >= 15 is 0 Å². The highest BCUT2D eigenvalue weighted by Gasteiger charge is 2.26. The number of nitrogens with zero attached hydrogens (tertiary/aromatic N) is 2. The fraction of sp³-hybridized carbons (Fsp3) is 0.882. The molecule has 0 aliphatic carbocycles. The Morgan fingerprint density at radius 3 is 1.52 bits per heavy atom. The van der Waals surface area contributed by atoms with Crippen LogP contribution in [0, 0.1) is 0 Å². The maximum absolute atomic E-state index is 12.1. The molecule has 1 aliphatic heterocycles. The monoisotopic (exact) mass is 296 g/mol. The zero-order chi connectivity index (χ0) is 15.5. The van der Waals surface area contributed by atoms with E-state index in [2.05, 4.69) is 13.8 Å². The van der Waals surface area contributed by atoms with Gasteiger partial charge in [0.25, 0.3) is 0 Å². The van der Waals surface area contributed by atoms with Crippen molar-refractivity contribution in [2.75, 3.05) is 19.8 Å². The smallest absolute Gasteiger partial charge is 0.224 e. The van der Waals surface area contributed by atoms with Gasteiger partial charge in [-0.15, -0.1) is 0 Å². The van der Waals surface area contributed by atoms with Crippen LogP contribution in [0.3, 0.4) is 0 Å². The lowest BCUT2D eigenvalue weighted by molar-refractivity contribution is -0.134. The molecule has 0 bridgehead atoms. The molecule has 1 heterocycles. The average molecular weight is 296 g/mol.